The summed E-state index contributed by atoms with van der Waals surface area (Å²) in [5.74, 6) is -0.0123. The van der Waals surface area contributed by atoms with E-state index in [0.717, 1.165) is 16.9 Å². The van der Waals surface area contributed by atoms with Crippen molar-refractivity contribution in [3.05, 3.63) is 17.7 Å². The maximum Gasteiger partial charge on any atom is 0.228 e. The lowest BCUT2D eigenvalue weighted by molar-refractivity contribution is -0.115. The van der Waals surface area contributed by atoms with Crippen LogP contribution in [-0.4, -0.2) is 23.7 Å². The first-order valence-corrected chi connectivity index (χ1v) is 5.20. The second-order valence-electron chi connectivity index (χ2n) is 4.05. The number of fused-ring (bicyclic) bond motifs is 1. The number of nitrogens with two attached hydrogens (primary N) is 1. The molecule has 1 unspecified atom stereocenters. The van der Waals surface area contributed by atoms with Crippen LogP contribution in [0.5, 0.6) is 0 Å². The van der Waals surface area contributed by atoms with Crippen LogP contribution in [0.3, 0.4) is 0 Å². The highest BCUT2D eigenvalue weighted by molar-refractivity contribution is 6.00. The number of anilines is 3. The molecule has 0 aliphatic carbocycles. The van der Waals surface area contributed by atoms with Crippen LogP contribution in [0.15, 0.2) is 12.1 Å². The first-order valence-electron chi connectivity index (χ1n) is 5.20. The van der Waals surface area contributed by atoms with Crippen LogP contribution in [0.4, 0.5) is 17.1 Å². The number of benzene rings is 1. The van der Waals surface area contributed by atoms with Crippen molar-refractivity contribution in [1.29, 1.82) is 0 Å². The summed E-state index contributed by atoms with van der Waals surface area (Å²) in [6.45, 7) is 1.88. The zero-order valence-corrected chi connectivity index (χ0v) is 9.08. The molecule has 0 saturated carbocycles. The van der Waals surface area contributed by atoms with E-state index < -0.39 is 0 Å². The Labute approximate surface area is 93.6 Å². The zero-order chi connectivity index (χ0) is 11.7. The predicted molar refractivity (Wildman–Crippen MR) is 63.4 cm³/mol. The van der Waals surface area contributed by atoms with E-state index in [0.29, 0.717) is 12.1 Å². The van der Waals surface area contributed by atoms with E-state index in [2.05, 4.69) is 10.6 Å². The molecule has 5 nitrogen and oxygen atoms in total. The van der Waals surface area contributed by atoms with Crippen LogP contribution in [0.1, 0.15) is 12.5 Å². The Balaban J connectivity index is 2.28. The molecule has 0 bridgehead atoms. The third-order valence-corrected chi connectivity index (χ3v) is 2.58. The van der Waals surface area contributed by atoms with Gasteiger partial charge in [0.2, 0.25) is 5.91 Å². The van der Waals surface area contributed by atoms with E-state index in [9.17, 15) is 4.79 Å². The van der Waals surface area contributed by atoms with Crippen molar-refractivity contribution in [2.45, 2.75) is 19.4 Å². The number of carbonyl (C=O) groups is 1. The SMILES string of the molecule is CC(CO)Nc1cc2c(cc1N)CC(=O)N2. The highest BCUT2D eigenvalue weighted by Crippen LogP contribution is 2.31. The number of carbonyl (C=O) groups excluding carboxylic acids is 1. The summed E-state index contributed by atoms with van der Waals surface area (Å²) in [6, 6.07) is 3.53. The lowest BCUT2D eigenvalue weighted by Gasteiger charge is -2.15. The van der Waals surface area contributed by atoms with Crippen LogP contribution in [0, 0.1) is 0 Å². The van der Waals surface area contributed by atoms with Gasteiger partial charge in [0.05, 0.1) is 24.4 Å². The molecule has 0 aromatic heterocycles. The molecule has 1 heterocycles. The van der Waals surface area contributed by atoms with Gasteiger partial charge in [0.15, 0.2) is 0 Å². The van der Waals surface area contributed by atoms with E-state index in [1.165, 1.54) is 0 Å². The first kappa shape index (κ1) is 10.8. The molecular formula is C11H15N3O2. The van der Waals surface area contributed by atoms with Gasteiger partial charge in [0.25, 0.3) is 0 Å². The van der Waals surface area contributed by atoms with E-state index in [1.54, 1.807) is 6.07 Å². The smallest absolute Gasteiger partial charge is 0.228 e. The fraction of sp³-hybridized carbons (Fsp3) is 0.364. The van der Waals surface area contributed by atoms with Gasteiger partial charge in [-0.25, -0.2) is 0 Å². The molecule has 5 heteroatoms. The molecule has 1 aliphatic heterocycles. The summed E-state index contributed by atoms with van der Waals surface area (Å²) < 4.78 is 0. The number of nitrogens with one attached hydrogen (secondary N) is 2. The monoisotopic (exact) mass is 221 g/mol. The topological polar surface area (TPSA) is 87.4 Å². The highest BCUT2D eigenvalue weighted by Gasteiger charge is 2.19. The first-order chi connectivity index (χ1) is 7.60. The van der Waals surface area contributed by atoms with Gasteiger partial charge in [0, 0.05) is 11.7 Å². The third kappa shape index (κ3) is 1.94. The van der Waals surface area contributed by atoms with E-state index in [4.69, 9.17) is 10.8 Å². The van der Waals surface area contributed by atoms with Crippen molar-refractivity contribution < 1.29 is 9.90 Å². The van der Waals surface area contributed by atoms with Crippen molar-refractivity contribution in [3.63, 3.8) is 0 Å². The van der Waals surface area contributed by atoms with Crippen molar-refractivity contribution >= 4 is 23.0 Å². The number of hydrogen-bond donors (Lipinski definition) is 4. The van der Waals surface area contributed by atoms with Gasteiger partial charge in [-0.15, -0.1) is 0 Å². The van der Waals surface area contributed by atoms with Crippen LogP contribution in [0.25, 0.3) is 0 Å². The number of aliphatic hydroxyl groups is 1. The van der Waals surface area contributed by atoms with Gasteiger partial charge >= 0.3 is 0 Å². The maximum absolute atomic E-state index is 11.2. The Morgan fingerprint density at radius 1 is 1.62 bits per heavy atom. The Kier molecular flexibility index (Phi) is 2.70. The molecule has 0 spiro atoms. The second kappa shape index (κ2) is 4.02. The Bertz CT molecular complexity index is 431. The highest BCUT2D eigenvalue weighted by atomic mass is 16.3. The number of hydrogen-bond acceptors (Lipinski definition) is 4. The quantitative estimate of drug-likeness (QED) is 0.561. The van der Waals surface area contributed by atoms with Gasteiger partial charge < -0.3 is 21.5 Å². The zero-order valence-electron chi connectivity index (χ0n) is 9.08. The molecule has 16 heavy (non-hydrogen) atoms. The largest absolute Gasteiger partial charge is 0.397 e. The molecule has 0 radical (unpaired) electrons. The van der Waals surface area contributed by atoms with Crippen molar-refractivity contribution in [2.75, 3.05) is 23.0 Å². The molecule has 2 rings (SSSR count). The Hall–Kier alpha value is -1.75. The molecule has 0 saturated heterocycles. The van der Waals surface area contributed by atoms with Gasteiger partial charge in [-0.2, -0.15) is 0 Å². The van der Waals surface area contributed by atoms with Crippen LogP contribution >= 0.6 is 0 Å². The van der Waals surface area contributed by atoms with Gasteiger partial charge in [-0.3, -0.25) is 4.79 Å². The summed E-state index contributed by atoms with van der Waals surface area (Å²) >= 11 is 0. The number of amides is 1. The van der Waals surface area contributed by atoms with E-state index in [1.807, 2.05) is 13.0 Å². The summed E-state index contributed by atoms with van der Waals surface area (Å²) in [5.41, 5.74) is 8.91. The summed E-state index contributed by atoms with van der Waals surface area (Å²) in [4.78, 5) is 11.2. The number of aliphatic hydroxyl groups excluding tert-OH is 1. The minimum atomic E-state index is -0.0718. The Morgan fingerprint density at radius 3 is 3.06 bits per heavy atom. The van der Waals surface area contributed by atoms with Crippen LogP contribution < -0.4 is 16.4 Å². The average molecular weight is 221 g/mol. The number of nitrogen functional groups attached to an aromatic ring is 1. The van der Waals surface area contributed by atoms with E-state index >= 15 is 0 Å². The lowest BCUT2D eigenvalue weighted by atomic mass is 10.1. The third-order valence-electron chi connectivity index (χ3n) is 2.58. The summed E-state index contributed by atoms with van der Waals surface area (Å²) in [7, 11) is 0. The minimum Gasteiger partial charge on any atom is -0.397 e. The van der Waals surface area contributed by atoms with Crippen molar-refractivity contribution in [2.24, 2.45) is 0 Å². The lowest BCUT2D eigenvalue weighted by Crippen LogP contribution is -2.20. The molecule has 5 N–H and O–H groups in total. The molecule has 1 atom stereocenters. The molecule has 1 aromatic rings. The summed E-state index contributed by atoms with van der Waals surface area (Å²) in [6.07, 6.45) is 0.384. The molecule has 1 aliphatic rings. The van der Waals surface area contributed by atoms with Gasteiger partial charge in [-0.1, -0.05) is 0 Å². The van der Waals surface area contributed by atoms with Crippen molar-refractivity contribution in [3.8, 4) is 0 Å². The fourth-order valence-electron chi connectivity index (χ4n) is 1.73. The number of rotatable bonds is 3. The molecule has 1 amide bonds. The van der Waals surface area contributed by atoms with Crippen LogP contribution in [0.2, 0.25) is 0 Å². The average Bonchev–Trinajstić information content (AvgIpc) is 2.58. The molecule has 1 aromatic carbocycles. The second-order valence-corrected chi connectivity index (χ2v) is 4.05. The van der Waals surface area contributed by atoms with Gasteiger partial charge in [0.1, 0.15) is 0 Å². The minimum absolute atomic E-state index is 0.0123. The Morgan fingerprint density at radius 2 is 2.38 bits per heavy atom. The fourth-order valence-corrected chi connectivity index (χ4v) is 1.73. The summed E-state index contributed by atoms with van der Waals surface area (Å²) in [5, 5.41) is 14.8. The van der Waals surface area contributed by atoms with E-state index in [-0.39, 0.29) is 18.6 Å². The predicted octanol–water partition coefficient (Wildman–Crippen LogP) is 0.556. The standard InChI is InChI=1S/C11H15N3O2/c1-6(5-15)13-10-4-9-7(2-8(10)12)3-11(16)14-9/h2,4,6,13,15H,3,5,12H2,1H3,(H,14,16). The van der Waals surface area contributed by atoms with Gasteiger partial charge in [-0.05, 0) is 24.6 Å². The normalized spacial score (nSPS) is 15.5. The van der Waals surface area contributed by atoms with Crippen LogP contribution in [-0.2, 0) is 11.2 Å². The molecule has 0 fully saturated rings. The molecular weight excluding hydrogens is 206 g/mol. The maximum atomic E-state index is 11.2. The molecule has 86 valence electrons. The van der Waals surface area contributed by atoms with Crippen molar-refractivity contribution in [1.82, 2.24) is 0 Å².